The summed E-state index contributed by atoms with van der Waals surface area (Å²) in [6.45, 7) is 0.647. The van der Waals surface area contributed by atoms with Crippen LogP contribution in [-0.4, -0.2) is 34.7 Å². The van der Waals surface area contributed by atoms with Gasteiger partial charge < -0.3 is 20.2 Å². The minimum absolute atomic E-state index is 0.0422. The van der Waals surface area contributed by atoms with E-state index in [9.17, 15) is 9.90 Å². The molecule has 1 unspecified atom stereocenters. The maximum atomic E-state index is 11.4. The van der Waals surface area contributed by atoms with E-state index < -0.39 is 11.5 Å². The summed E-state index contributed by atoms with van der Waals surface area (Å²) in [6, 6.07) is 3.49. The molecule has 3 rings (SSSR count). The molecule has 0 spiro atoms. The number of amides is 1. The maximum Gasteiger partial charge on any atom is 0.298 e. The van der Waals surface area contributed by atoms with E-state index in [1.807, 2.05) is 0 Å². The van der Waals surface area contributed by atoms with Gasteiger partial charge in [0.1, 0.15) is 5.52 Å². The maximum absolute atomic E-state index is 11.4. The molecule has 6 nitrogen and oxygen atoms in total. The number of benzene rings is 1. The van der Waals surface area contributed by atoms with Crippen LogP contribution in [0.5, 0.6) is 0 Å². The molecular formula is C13H13Cl2N3O3. The molecule has 2 heterocycles. The molecule has 0 aliphatic carbocycles. The number of β-amino-alcohol motifs (C(OH)–C–C–N with tert-alkyl or cyclic N) is 1. The highest BCUT2D eigenvalue weighted by Gasteiger charge is 2.40. The van der Waals surface area contributed by atoms with Crippen LogP contribution >= 0.6 is 23.2 Å². The van der Waals surface area contributed by atoms with Gasteiger partial charge in [-0.1, -0.05) is 23.2 Å². The largest absolute Gasteiger partial charge is 0.422 e. The summed E-state index contributed by atoms with van der Waals surface area (Å²) in [5, 5.41) is 11.0. The first kappa shape index (κ1) is 14.4. The minimum atomic E-state index is -1.57. The van der Waals surface area contributed by atoms with E-state index in [1.54, 1.807) is 17.0 Å². The lowest BCUT2D eigenvalue weighted by molar-refractivity contribution is -0.137. The first-order valence-corrected chi connectivity index (χ1v) is 7.17. The minimum Gasteiger partial charge on any atom is -0.422 e. The van der Waals surface area contributed by atoms with Crippen molar-refractivity contribution in [3.8, 4) is 0 Å². The number of hydrogen-bond donors (Lipinski definition) is 2. The van der Waals surface area contributed by atoms with Crippen LogP contribution in [0.2, 0.25) is 10.0 Å². The monoisotopic (exact) mass is 329 g/mol. The van der Waals surface area contributed by atoms with Gasteiger partial charge >= 0.3 is 0 Å². The number of piperidine rings is 1. The van der Waals surface area contributed by atoms with Gasteiger partial charge in [-0.15, -0.1) is 0 Å². The van der Waals surface area contributed by atoms with Gasteiger partial charge in [0.05, 0.1) is 11.6 Å². The summed E-state index contributed by atoms with van der Waals surface area (Å²) >= 11 is 12.0. The zero-order valence-corrected chi connectivity index (χ0v) is 12.5. The molecule has 2 aromatic rings. The fourth-order valence-corrected chi connectivity index (χ4v) is 3.01. The van der Waals surface area contributed by atoms with Gasteiger partial charge in [0.15, 0.2) is 11.2 Å². The highest BCUT2D eigenvalue weighted by molar-refractivity contribution is 6.38. The number of aromatic nitrogens is 1. The van der Waals surface area contributed by atoms with Gasteiger partial charge in [0.25, 0.3) is 11.9 Å². The molecule has 0 saturated carbocycles. The van der Waals surface area contributed by atoms with Crippen molar-refractivity contribution < 1.29 is 14.3 Å². The fraction of sp³-hybridized carbons (Fsp3) is 0.385. The Balaban J connectivity index is 1.97. The Hall–Kier alpha value is -1.50. The van der Waals surface area contributed by atoms with Crippen molar-refractivity contribution in [2.45, 2.75) is 18.4 Å². The van der Waals surface area contributed by atoms with E-state index in [-0.39, 0.29) is 12.6 Å². The first-order chi connectivity index (χ1) is 9.89. The molecule has 0 bridgehead atoms. The fourth-order valence-electron chi connectivity index (χ4n) is 2.48. The van der Waals surface area contributed by atoms with E-state index in [0.717, 1.165) is 0 Å². The van der Waals surface area contributed by atoms with Gasteiger partial charge in [-0.25, -0.2) is 0 Å². The van der Waals surface area contributed by atoms with Crippen molar-refractivity contribution in [2.75, 3.05) is 18.0 Å². The second-order valence-electron chi connectivity index (χ2n) is 5.15. The van der Waals surface area contributed by atoms with Crippen LogP contribution in [0.4, 0.5) is 6.01 Å². The van der Waals surface area contributed by atoms with Crippen LogP contribution in [0.3, 0.4) is 0 Å². The lowest BCUT2D eigenvalue weighted by Gasteiger charge is -2.36. The van der Waals surface area contributed by atoms with Gasteiger partial charge in [-0.05, 0) is 25.0 Å². The van der Waals surface area contributed by atoms with E-state index in [0.29, 0.717) is 40.5 Å². The molecular weight excluding hydrogens is 317 g/mol. The number of primary amides is 1. The van der Waals surface area contributed by atoms with Crippen LogP contribution in [0, 0.1) is 0 Å². The third kappa shape index (κ3) is 2.54. The first-order valence-electron chi connectivity index (χ1n) is 6.42. The molecule has 21 heavy (non-hydrogen) atoms. The van der Waals surface area contributed by atoms with E-state index in [2.05, 4.69) is 4.98 Å². The summed E-state index contributed by atoms with van der Waals surface area (Å²) in [5.74, 6) is -0.746. The number of halogens is 2. The van der Waals surface area contributed by atoms with Crippen molar-refractivity contribution in [1.82, 2.24) is 4.98 Å². The van der Waals surface area contributed by atoms with Crippen molar-refractivity contribution in [2.24, 2.45) is 5.73 Å². The Morgan fingerprint density at radius 1 is 1.48 bits per heavy atom. The van der Waals surface area contributed by atoms with Crippen LogP contribution < -0.4 is 10.6 Å². The van der Waals surface area contributed by atoms with Crippen molar-refractivity contribution in [3.05, 3.63) is 22.2 Å². The number of oxazole rings is 1. The molecule has 0 radical (unpaired) electrons. The number of anilines is 1. The third-order valence-corrected chi connectivity index (χ3v) is 4.10. The normalized spacial score (nSPS) is 22.7. The smallest absolute Gasteiger partial charge is 0.298 e. The molecule has 112 valence electrons. The average molecular weight is 330 g/mol. The predicted octanol–water partition coefficient (Wildman–Crippen LogP) is 1.95. The molecule has 3 N–H and O–H groups in total. The molecule has 1 atom stereocenters. The molecule has 1 aromatic carbocycles. The number of hydrogen-bond acceptors (Lipinski definition) is 5. The molecule has 1 saturated heterocycles. The van der Waals surface area contributed by atoms with E-state index in [1.165, 1.54) is 0 Å². The topological polar surface area (TPSA) is 92.6 Å². The van der Waals surface area contributed by atoms with Crippen molar-refractivity contribution in [1.29, 1.82) is 0 Å². The van der Waals surface area contributed by atoms with Gasteiger partial charge in [0, 0.05) is 11.6 Å². The van der Waals surface area contributed by atoms with Crippen LogP contribution in [0.15, 0.2) is 16.5 Å². The van der Waals surface area contributed by atoms with Crippen molar-refractivity contribution >= 4 is 46.2 Å². The Kier molecular flexibility index (Phi) is 3.47. The predicted molar refractivity (Wildman–Crippen MR) is 79.6 cm³/mol. The van der Waals surface area contributed by atoms with Crippen LogP contribution in [0.25, 0.3) is 11.1 Å². The summed E-state index contributed by atoms with van der Waals surface area (Å²) in [4.78, 5) is 17.4. The standard InChI is InChI=1S/C13H13Cl2N3O3/c14-7-4-8(15)10-9(5-7)17-12(21-10)18-3-1-2-13(20,6-18)11(16)19/h4-5,20H,1-3,6H2,(H2,16,19). The van der Waals surface area contributed by atoms with Gasteiger partial charge in [-0.2, -0.15) is 4.98 Å². The van der Waals surface area contributed by atoms with Crippen LogP contribution in [0.1, 0.15) is 12.8 Å². The molecule has 8 heteroatoms. The quantitative estimate of drug-likeness (QED) is 0.878. The SMILES string of the molecule is NC(=O)C1(O)CCCN(c2nc3cc(Cl)cc(Cl)c3o2)C1. The number of nitrogens with two attached hydrogens (primary N) is 1. The zero-order chi connectivity index (χ0) is 15.2. The number of fused-ring (bicyclic) bond motifs is 1. The van der Waals surface area contributed by atoms with Crippen LogP contribution in [-0.2, 0) is 4.79 Å². The molecule has 1 aromatic heterocycles. The van der Waals surface area contributed by atoms with Gasteiger partial charge in [-0.3, -0.25) is 4.79 Å². The lowest BCUT2D eigenvalue weighted by atomic mass is 9.92. The van der Waals surface area contributed by atoms with Gasteiger partial charge in [0.2, 0.25) is 0 Å². The molecule has 1 amide bonds. The highest BCUT2D eigenvalue weighted by atomic mass is 35.5. The summed E-state index contributed by atoms with van der Waals surface area (Å²) in [7, 11) is 0. The van der Waals surface area contributed by atoms with E-state index in [4.69, 9.17) is 33.4 Å². The number of aliphatic hydroxyl groups is 1. The number of nitrogens with zero attached hydrogens (tertiary/aromatic N) is 2. The summed E-state index contributed by atoms with van der Waals surface area (Å²) in [6.07, 6.45) is 0.929. The highest BCUT2D eigenvalue weighted by Crippen LogP contribution is 2.33. The second kappa shape index (κ2) is 5.05. The number of rotatable bonds is 2. The number of carbonyl (C=O) groups excluding carboxylic acids is 1. The Morgan fingerprint density at radius 3 is 2.95 bits per heavy atom. The van der Waals surface area contributed by atoms with Crippen molar-refractivity contribution in [3.63, 3.8) is 0 Å². The Morgan fingerprint density at radius 2 is 2.24 bits per heavy atom. The van der Waals surface area contributed by atoms with E-state index >= 15 is 0 Å². The summed E-state index contributed by atoms with van der Waals surface area (Å²) < 4.78 is 5.63. The zero-order valence-electron chi connectivity index (χ0n) is 11.0. The third-order valence-electron chi connectivity index (χ3n) is 3.60. The lowest BCUT2D eigenvalue weighted by Crippen LogP contribution is -2.56. The second-order valence-corrected chi connectivity index (χ2v) is 6.00. The molecule has 1 fully saturated rings. The summed E-state index contributed by atoms with van der Waals surface area (Å²) in [5.41, 5.74) is 4.63. The molecule has 1 aliphatic rings. The average Bonchev–Trinajstić information content (AvgIpc) is 2.83. The number of carbonyl (C=O) groups is 1. The Bertz CT molecular complexity index is 718. The molecule has 1 aliphatic heterocycles. The Labute approximate surface area is 130 Å².